The molecule has 1 saturated heterocycles. The van der Waals surface area contributed by atoms with Crippen molar-refractivity contribution in [3.8, 4) is 0 Å². The molecule has 0 saturated carbocycles. The molecule has 0 bridgehead atoms. The van der Waals surface area contributed by atoms with Crippen LogP contribution in [0.25, 0.3) is 0 Å². The Bertz CT molecular complexity index is 830. The number of nitrogens with one attached hydrogen (secondary N) is 4. The fraction of sp³-hybridized carbons (Fsp3) is 0.700. The molecule has 1 aliphatic rings. The molecule has 5 amide bonds. The first kappa shape index (κ1) is 31.1. The number of hydrogen-bond donors (Lipinski definition) is 9. The van der Waals surface area contributed by atoms with Crippen LogP contribution in [0.5, 0.6) is 0 Å². The lowest BCUT2D eigenvalue weighted by Gasteiger charge is -2.29. The third-order valence-corrected chi connectivity index (χ3v) is 6.74. The zero-order valence-corrected chi connectivity index (χ0v) is 20.7. The number of aliphatic carboxylic acids is 1. The van der Waals surface area contributed by atoms with Crippen LogP contribution in [0.2, 0.25) is 0 Å². The highest BCUT2D eigenvalue weighted by molar-refractivity contribution is 8.00. The second-order valence-corrected chi connectivity index (χ2v) is 9.48. The molecular formula is C20H35N7O8S. The quantitative estimate of drug-likeness (QED) is 0.134. The molecule has 0 aromatic rings. The molecule has 204 valence electrons. The Balaban J connectivity index is 3.36. The summed E-state index contributed by atoms with van der Waals surface area (Å²) in [6.07, 6.45) is 0.627. The molecule has 0 spiro atoms. The van der Waals surface area contributed by atoms with Crippen molar-refractivity contribution in [3.63, 3.8) is 0 Å². The summed E-state index contributed by atoms with van der Waals surface area (Å²) >= 11 is 0.798. The summed E-state index contributed by atoms with van der Waals surface area (Å²) in [4.78, 5) is 74.1. The number of hydrogen-bond acceptors (Lipinski definition) is 10. The van der Waals surface area contributed by atoms with Crippen molar-refractivity contribution in [2.75, 3.05) is 18.9 Å². The molecule has 1 heterocycles. The van der Waals surface area contributed by atoms with E-state index in [2.05, 4.69) is 21.3 Å². The van der Waals surface area contributed by atoms with Gasteiger partial charge in [0.2, 0.25) is 29.5 Å². The molecule has 36 heavy (non-hydrogen) atoms. The number of carboxylic acids is 1. The largest absolute Gasteiger partial charge is 0.480 e. The first-order valence-corrected chi connectivity index (χ1v) is 12.4. The van der Waals surface area contributed by atoms with E-state index in [4.69, 9.17) is 17.2 Å². The maximum atomic E-state index is 13.0. The summed E-state index contributed by atoms with van der Waals surface area (Å²) < 4.78 is 0. The van der Waals surface area contributed by atoms with Gasteiger partial charge in [-0.1, -0.05) is 6.42 Å². The van der Waals surface area contributed by atoms with Gasteiger partial charge in [0.1, 0.15) is 23.4 Å². The number of carbonyl (C=O) groups excluding carboxylic acids is 5. The normalized spacial score (nSPS) is 28.9. The maximum Gasteiger partial charge on any atom is 0.318 e. The molecular weight excluding hydrogens is 498 g/mol. The molecule has 6 atom stereocenters. The van der Waals surface area contributed by atoms with Crippen LogP contribution < -0.4 is 38.5 Å². The second-order valence-electron chi connectivity index (χ2n) is 8.30. The van der Waals surface area contributed by atoms with Crippen LogP contribution in [0.1, 0.15) is 32.6 Å². The number of unbranched alkanes of at least 4 members (excludes halogenated alkanes) is 1. The van der Waals surface area contributed by atoms with Crippen LogP contribution >= 0.6 is 11.8 Å². The number of rotatable bonds is 8. The fourth-order valence-corrected chi connectivity index (χ4v) is 4.44. The third kappa shape index (κ3) is 9.96. The molecule has 1 rings (SSSR count). The fourth-order valence-electron chi connectivity index (χ4n) is 3.29. The highest BCUT2D eigenvalue weighted by Crippen LogP contribution is 2.21. The lowest BCUT2D eigenvalue weighted by atomic mass is 10.0. The minimum Gasteiger partial charge on any atom is -0.480 e. The average Bonchev–Trinajstić information content (AvgIpc) is 2.80. The van der Waals surface area contributed by atoms with Crippen LogP contribution in [0.4, 0.5) is 0 Å². The molecule has 3 unspecified atom stereocenters. The molecule has 12 N–H and O–H groups in total. The summed E-state index contributed by atoms with van der Waals surface area (Å²) in [5.74, 6) is -5.82. The van der Waals surface area contributed by atoms with Gasteiger partial charge in [0.05, 0.1) is 25.1 Å². The number of carbonyl (C=O) groups is 6. The van der Waals surface area contributed by atoms with Crippen LogP contribution in [-0.4, -0.2) is 100 Å². The SMILES string of the molecule is C[C@@H]1NC(=O)C(CO)NC(=O)C(N)CSC(C(=O)O)[C@@H](CCCCN)NC(=O)[C@H](CC(N)=O)NC1=O. The van der Waals surface area contributed by atoms with E-state index in [9.17, 15) is 39.0 Å². The Labute approximate surface area is 212 Å². The topological polar surface area (TPSA) is 269 Å². The molecule has 0 aromatic heterocycles. The third-order valence-electron chi connectivity index (χ3n) is 5.30. The number of amides is 5. The molecule has 16 heteroatoms. The number of aliphatic hydroxyl groups excluding tert-OH is 1. The van der Waals surface area contributed by atoms with E-state index >= 15 is 0 Å². The van der Waals surface area contributed by atoms with Gasteiger partial charge in [0.25, 0.3) is 0 Å². The van der Waals surface area contributed by atoms with Crippen molar-refractivity contribution >= 4 is 47.3 Å². The van der Waals surface area contributed by atoms with Crippen molar-refractivity contribution in [1.29, 1.82) is 0 Å². The van der Waals surface area contributed by atoms with Gasteiger partial charge in [-0.15, -0.1) is 11.8 Å². The summed E-state index contributed by atoms with van der Waals surface area (Å²) in [5.41, 5.74) is 16.6. The van der Waals surface area contributed by atoms with Gasteiger partial charge in [-0.2, -0.15) is 0 Å². The van der Waals surface area contributed by atoms with Crippen LogP contribution in [0.15, 0.2) is 0 Å². The van der Waals surface area contributed by atoms with Gasteiger partial charge in [-0.05, 0) is 26.3 Å². The predicted molar refractivity (Wildman–Crippen MR) is 129 cm³/mol. The smallest absolute Gasteiger partial charge is 0.318 e. The first-order chi connectivity index (χ1) is 16.9. The van der Waals surface area contributed by atoms with Gasteiger partial charge in [-0.3, -0.25) is 28.8 Å². The molecule has 0 aromatic carbocycles. The standard InChI is InChI=1S/C20H35N7O8S/c1-9-16(30)26-12(6-14(23)29)18(32)25-11(4-2-3-5-21)15(20(34)35)36-8-10(22)17(31)27-13(7-28)19(33)24-9/h9-13,15,28H,2-8,21-22H2,1H3,(H2,23,29)(H,24,33)(H,25,32)(H,26,30)(H,27,31)(H,34,35)/t9-,10?,11+,12-,13?,15?/m0/s1. The zero-order chi connectivity index (χ0) is 27.4. The lowest BCUT2D eigenvalue weighted by molar-refractivity contribution is -0.138. The number of primary amides is 1. The van der Waals surface area contributed by atoms with Crippen molar-refractivity contribution in [1.82, 2.24) is 21.3 Å². The van der Waals surface area contributed by atoms with E-state index < -0.39 is 84.0 Å². The van der Waals surface area contributed by atoms with Crippen molar-refractivity contribution in [2.45, 2.75) is 68.1 Å². The Hall–Kier alpha value is -2.95. The molecule has 1 aliphatic heterocycles. The van der Waals surface area contributed by atoms with Gasteiger partial charge in [-0.25, -0.2) is 0 Å². The highest BCUT2D eigenvalue weighted by atomic mass is 32.2. The van der Waals surface area contributed by atoms with Crippen molar-refractivity contribution in [3.05, 3.63) is 0 Å². The minimum atomic E-state index is -1.45. The van der Waals surface area contributed by atoms with E-state index in [0.29, 0.717) is 19.4 Å². The number of carboxylic acid groups (broad SMARTS) is 1. The summed E-state index contributed by atoms with van der Waals surface area (Å²) in [6.45, 7) is 0.816. The zero-order valence-electron chi connectivity index (χ0n) is 19.9. The molecule has 0 aliphatic carbocycles. The van der Waals surface area contributed by atoms with Gasteiger partial charge in [0.15, 0.2) is 0 Å². The predicted octanol–water partition coefficient (Wildman–Crippen LogP) is -4.53. The summed E-state index contributed by atoms with van der Waals surface area (Å²) in [6, 6.07) is -6.36. The number of thioether (sulfide) groups is 1. The van der Waals surface area contributed by atoms with E-state index in [1.54, 1.807) is 0 Å². The van der Waals surface area contributed by atoms with Crippen LogP contribution in [0.3, 0.4) is 0 Å². The molecule has 15 nitrogen and oxygen atoms in total. The number of aliphatic hydroxyl groups is 1. The molecule has 0 radical (unpaired) electrons. The van der Waals surface area contributed by atoms with E-state index in [0.717, 1.165) is 11.8 Å². The van der Waals surface area contributed by atoms with Gasteiger partial charge >= 0.3 is 5.97 Å². The summed E-state index contributed by atoms with van der Waals surface area (Å²) in [7, 11) is 0. The van der Waals surface area contributed by atoms with E-state index in [1.807, 2.05) is 0 Å². The monoisotopic (exact) mass is 533 g/mol. The minimum absolute atomic E-state index is 0.191. The lowest BCUT2D eigenvalue weighted by Crippen LogP contribution is -2.60. The average molecular weight is 534 g/mol. The van der Waals surface area contributed by atoms with E-state index in [-0.39, 0.29) is 12.2 Å². The van der Waals surface area contributed by atoms with Gasteiger partial charge < -0.3 is 48.7 Å². The first-order valence-electron chi connectivity index (χ1n) is 11.3. The van der Waals surface area contributed by atoms with Crippen molar-refractivity contribution in [2.24, 2.45) is 17.2 Å². The number of nitrogens with two attached hydrogens (primary N) is 3. The Morgan fingerprint density at radius 3 is 2.14 bits per heavy atom. The van der Waals surface area contributed by atoms with Crippen molar-refractivity contribution < 1.29 is 39.0 Å². The van der Waals surface area contributed by atoms with Gasteiger partial charge in [0, 0.05) is 5.75 Å². The Morgan fingerprint density at radius 2 is 1.58 bits per heavy atom. The highest BCUT2D eigenvalue weighted by Gasteiger charge is 2.35. The Kier molecular flexibility index (Phi) is 13.1. The van der Waals surface area contributed by atoms with Crippen LogP contribution in [0, 0.1) is 0 Å². The summed E-state index contributed by atoms with van der Waals surface area (Å²) in [5, 5.41) is 27.5. The van der Waals surface area contributed by atoms with E-state index in [1.165, 1.54) is 6.92 Å². The Morgan fingerprint density at radius 1 is 0.972 bits per heavy atom. The van der Waals surface area contributed by atoms with Crippen LogP contribution in [-0.2, 0) is 28.8 Å². The maximum absolute atomic E-state index is 13.0. The second kappa shape index (κ2) is 15.2. The molecule has 1 fully saturated rings.